The highest BCUT2D eigenvalue weighted by atomic mass is 35.5. The molecular formula is C27H21Cl2FN2O4. The van der Waals surface area contributed by atoms with E-state index in [1.54, 1.807) is 50.2 Å². The third-order valence-corrected chi connectivity index (χ3v) is 6.14. The highest BCUT2D eigenvalue weighted by molar-refractivity contribution is 6.40. The second kappa shape index (κ2) is 10.5. The molecule has 0 aromatic heterocycles. The first kappa shape index (κ1) is 25.4. The number of aryl methyl sites for hydroxylation is 1. The van der Waals surface area contributed by atoms with Gasteiger partial charge in [-0.3, -0.25) is 14.9 Å². The number of rotatable bonds is 6. The van der Waals surface area contributed by atoms with Gasteiger partial charge in [0.15, 0.2) is 0 Å². The molecule has 1 saturated heterocycles. The number of anilines is 1. The Kier molecular flexibility index (Phi) is 7.43. The number of halogens is 3. The fraction of sp³-hybridized carbons (Fsp3) is 0.148. The van der Waals surface area contributed by atoms with Crippen LogP contribution in [-0.2, 0) is 16.0 Å². The standard InChI is InChI=1S/C27H21Cl2FN2O4/c1-3-36-24-13-17(12-22(29)20(24)10-16-5-4-6-19(30)9-16)11-21-25(33)31-27(35)32(26(21)34)23-14-18(28)8-7-15(23)2/h4-9,11-14H,3,10H2,1-2H3,(H,31,33,35)/b21-11+. The largest absolute Gasteiger partial charge is 0.494 e. The summed E-state index contributed by atoms with van der Waals surface area (Å²) in [5.74, 6) is -1.56. The van der Waals surface area contributed by atoms with Crippen molar-refractivity contribution in [3.63, 3.8) is 0 Å². The van der Waals surface area contributed by atoms with E-state index in [-0.39, 0.29) is 17.1 Å². The number of hydrogen-bond donors (Lipinski definition) is 1. The van der Waals surface area contributed by atoms with Crippen LogP contribution in [0.4, 0.5) is 14.9 Å². The minimum Gasteiger partial charge on any atom is -0.494 e. The monoisotopic (exact) mass is 526 g/mol. The van der Waals surface area contributed by atoms with Crippen molar-refractivity contribution in [2.45, 2.75) is 20.3 Å². The number of carbonyl (C=O) groups is 3. The highest BCUT2D eigenvalue weighted by Crippen LogP contribution is 2.33. The summed E-state index contributed by atoms with van der Waals surface area (Å²) < 4.78 is 19.4. The van der Waals surface area contributed by atoms with Crippen LogP contribution in [0.2, 0.25) is 10.0 Å². The first-order valence-electron chi connectivity index (χ1n) is 11.0. The molecule has 9 heteroatoms. The van der Waals surface area contributed by atoms with Crippen molar-refractivity contribution in [3.8, 4) is 5.75 Å². The van der Waals surface area contributed by atoms with Gasteiger partial charge in [0.05, 0.1) is 12.3 Å². The number of nitrogens with zero attached hydrogens (tertiary/aromatic N) is 1. The summed E-state index contributed by atoms with van der Waals surface area (Å²) in [7, 11) is 0. The number of ether oxygens (including phenoxy) is 1. The Labute approximate surface area is 217 Å². The molecule has 1 N–H and O–H groups in total. The molecule has 0 unspecified atom stereocenters. The Morgan fingerprint density at radius 1 is 1.06 bits per heavy atom. The van der Waals surface area contributed by atoms with Crippen molar-refractivity contribution in [1.82, 2.24) is 5.32 Å². The fourth-order valence-corrected chi connectivity index (χ4v) is 4.34. The highest BCUT2D eigenvalue weighted by Gasteiger charge is 2.37. The summed E-state index contributed by atoms with van der Waals surface area (Å²) in [5, 5.41) is 2.85. The van der Waals surface area contributed by atoms with Crippen LogP contribution in [0.5, 0.6) is 5.75 Å². The van der Waals surface area contributed by atoms with E-state index >= 15 is 0 Å². The molecule has 184 valence electrons. The SMILES string of the molecule is CCOc1cc(/C=C2\C(=O)NC(=O)N(c3cc(Cl)ccc3C)C2=O)cc(Cl)c1Cc1cccc(F)c1. The molecule has 0 aliphatic carbocycles. The van der Waals surface area contributed by atoms with Gasteiger partial charge >= 0.3 is 6.03 Å². The van der Waals surface area contributed by atoms with Crippen LogP contribution in [-0.4, -0.2) is 24.5 Å². The minimum atomic E-state index is -0.869. The van der Waals surface area contributed by atoms with Gasteiger partial charge in [-0.2, -0.15) is 0 Å². The molecule has 0 radical (unpaired) electrons. The van der Waals surface area contributed by atoms with Gasteiger partial charge in [-0.1, -0.05) is 41.4 Å². The minimum absolute atomic E-state index is 0.259. The molecule has 0 saturated carbocycles. The van der Waals surface area contributed by atoms with Crippen LogP contribution in [0.3, 0.4) is 0 Å². The van der Waals surface area contributed by atoms with Crippen molar-refractivity contribution in [3.05, 3.63) is 98.3 Å². The predicted octanol–water partition coefficient (Wildman–Crippen LogP) is 6.10. The molecule has 0 atom stereocenters. The third kappa shape index (κ3) is 5.27. The van der Waals surface area contributed by atoms with Gasteiger partial charge < -0.3 is 4.74 Å². The molecule has 3 aromatic carbocycles. The molecule has 4 rings (SSSR count). The lowest BCUT2D eigenvalue weighted by molar-refractivity contribution is -0.122. The van der Waals surface area contributed by atoms with Crippen molar-refractivity contribution in [2.75, 3.05) is 11.5 Å². The molecule has 36 heavy (non-hydrogen) atoms. The lowest BCUT2D eigenvalue weighted by Crippen LogP contribution is -2.54. The average molecular weight is 527 g/mol. The summed E-state index contributed by atoms with van der Waals surface area (Å²) in [6, 6.07) is 13.3. The maximum atomic E-state index is 13.7. The second-order valence-corrected chi connectivity index (χ2v) is 8.95. The molecule has 1 aliphatic heterocycles. The number of benzene rings is 3. The molecule has 1 heterocycles. The maximum absolute atomic E-state index is 13.7. The Morgan fingerprint density at radius 2 is 1.83 bits per heavy atom. The number of carbonyl (C=O) groups excluding carboxylic acids is 3. The summed E-state index contributed by atoms with van der Waals surface area (Å²) in [4.78, 5) is 39.3. The zero-order chi connectivity index (χ0) is 26.0. The van der Waals surface area contributed by atoms with Gasteiger partial charge in [-0.15, -0.1) is 0 Å². The first-order valence-corrected chi connectivity index (χ1v) is 11.8. The molecule has 4 amide bonds. The molecular weight excluding hydrogens is 506 g/mol. The van der Waals surface area contributed by atoms with Crippen molar-refractivity contribution < 1.29 is 23.5 Å². The summed E-state index contributed by atoms with van der Waals surface area (Å²) in [6.07, 6.45) is 1.66. The summed E-state index contributed by atoms with van der Waals surface area (Å²) in [5.41, 5.74) is 2.39. The van der Waals surface area contributed by atoms with E-state index in [0.29, 0.717) is 51.1 Å². The lowest BCUT2D eigenvalue weighted by atomic mass is 10.00. The maximum Gasteiger partial charge on any atom is 0.335 e. The molecule has 1 fully saturated rings. The van der Waals surface area contributed by atoms with Crippen LogP contribution < -0.4 is 15.0 Å². The lowest BCUT2D eigenvalue weighted by Gasteiger charge is -2.27. The zero-order valence-corrected chi connectivity index (χ0v) is 20.9. The number of imide groups is 2. The van der Waals surface area contributed by atoms with E-state index in [1.165, 1.54) is 24.3 Å². The Morgan fingerprint density at radius 3 is 2.56 bits per heavy atom. The summed E-state index contributed by atoms with van der Waals surface area (Å²) >= 11 is 12.6. The summed E-state index contributed by atoms with van der Waals surface area (Å²) in [6.45, 7) is 3.86. The quantitative estimate of drug-likeness (QED) is 0.311. The Balaban J connectivity index is 1.74. The van der Waals surface area contributed by atoms with Crippen LogP contribution in [0, 0.1) is 12.7 Å². The topological polar surface area (TPSA) is 75.7 Å². The van der Waals surface area contributed by atoms with Crippen molar-refractivity contribution in [1.29, 1.82) is 0 Å². The number of barbiturate groups is 1. The van der Waals surface area contributed by atoms with E-state index in [9.17, 15) is 18.8 Å². The van der Waals surface area contributed by atoms with Gasteiger partial charge in [0.25, 0.3) is 11.8 Å². The fourth-order valence-electron chi connectivity index (χ4n) is 3.89. The number of amides is 4. The predicted molar refractivity (Wildman–Crippen MR) is 137 cm³/mol. The van der Waals surface area contributed by atoms with E-state index in [1.807, 2.05) is 0 Å². The van der Waals surface area contributed by atoms with Gasteiger partial charge in [0, 0.05) is 22.0 Å². The van der Waals surface area contributed by atoms with Crippen LogP contribution in [0.1, 0.15) is 29.2 Å². The molecule has 0 bridgehead atoms. The number of nitrogens with one attached hydrogen (secondary N) is 1. The smallest absolute Gasteiger partial charge is 0.335 e. The zero-order valence-electron chi connectivity index (χ0n) is 19.4. The average Bonchev–Trinajstić information content (AvgIpc) is 2.81. The number of urea groups is 1. The number of hydrogen-bond acceptors (Lipinski definition) is 4. The molecule has 3 aromatic rings. The van der Waals surface area contributed by atoms with E-state index < -0.39 is 17.8 Å². The van der Waals surface area contributed by atoms with E-state index in [2.05, 4.69) is 5.32 Å². The second-order valence-electron chi connectivity index (χ2n) is 8.11. The van der Waals surface area contributed by atoms with Crippen LogP contribution >= 0.6 is 23.2 Å². The van der Waals surface area contributed by atoms with E-state index in [0.717, 1.165) is 4.90 Å². The Hall–Kier alpha value is -3.68. The first-order chi connectivity index (χ1) is 17.2. The Bertz CT molecular complexity index is 1420. The van der Waals surface area contributed by atoms with Crippen molar-refractivity contribution in [2.24, 2.45) is 0 Å². The van der Waals surface area contributed by atoms with Crippen LogP contribution in [0.25, 0.3) is 6.08 Å². The molecule has 0 spiro atoms. The normalized spacial score (nSPS) is 14.9. The van der Waals surface area contributed by atoms with Gasteiger partial charge in [0.2, 0.25) is 0 Å². The van der Waals surface area contributed by atoms with Crippen LogP contribution in [0.15, 0.2) is 60.2 Å². The van der Waals surface area contributed by atoms with Gasteiger partial charge in [-0.25, -0.2) is 14.1 Å². The van der Waals surface area contributed by atoms with Crippen molar-refractivity contribution >= 4 is 52.8 Å². The van der Waals surface area contributed by atoms with E-state index in [4.69, 9.17) is 27.9 Å². The van der Waals surface area contributed by atoms with Gasteiger partial charge in [0.1, 0.15) is 17.1 Å². The third-order valence-electron chi connectivity index (χ3n) is 5.57. The van der Waals surface area contributed by atoms with Gasteiger partial charge in [-0.05, 0) is 73.0 Å². The molecule has 1 aliphatic rings. The molecule has 6 nitrogen and oxygen atoms in total.